The zero-order valence-electron chi connectivity index (χ0n) is 16.4. The zero-order chi connectivity index (χ0) is 21.5. The van der Waals surface area contributed by atoms with E-state index in [9.17, 15) is 18.0 Å². The predicted octanol–water partition coefficient (Wildman–Crippen LogP) is 4.28. The molecular weight excluding hydrogens is 395 g/mol. The molecule has 156 valence electrons. The Bertz CT molecular complexity index is 1110. The van der Waals surface area contributed by atoms with Crippen molar-refractivity contribution >= 4 is 28.3 Å². The van der Waals surface area contributed by atoms with Gasteiger partial charge in [0.1, 0.15) is 5.82 Å². The van der Waals surface area contributed by atoms with Crippen LogP contribution in [-0.2, 0) is 6.18 Å². The van der Waals surface area contributed by atoms with Crippen molar-refractivity contribution in [2.45, 2.75) is 26.1 Å². The molecule has 1 aliphatic heterocycles. The van der Waals surface area contributed by atoms with Crippen LogP contribution in [0.15, 0.2) is 42.6 Å². The van der Waals surface area contributed by atoms with E-state index >= 15 is 0 Å². The van der Waals surface area contributed by atoms with Crippen molar-refractivity contribution in [1.29, 1.82) is 0 Å². The molecule has 2 N–H and O–H groups in total. The molecule has 2 amide bonds. The average Bonchev–Trinajstić information content (AvgIpc) is 2.64. The van der Waals surface area contributed by atoms with Gasteiger partial charge in [-0.1, -0.05) is 12.1 Å². The van der Waals surface area contributed by atoms with E-state index in [1.165, 1.54) is 6.92 Å². The first-order chi connectivity index (χ1) is 14.2. The maximum atomic E-state index is 13.0. The number of amides is 2. The number of pyridine rings is 2. The number of anilines is 2. The number of rotatable bonds is 3. The Balaban J connectivity index is 1.39. The van der Waals surface area contributed by atoms with Crippen LogP contribution < -0.4 is 15.5 Å². The summed E-state index contributed by atoms with van der Waals surface area (Å²) in [5.41, 5.74) is 1.12. The van der Waals surface area contributed by atoms with Crippen LogP contribution in [0.25, 0.3) is 10.8 Å². The largest absolute Gasteiger partial charge is 0.416 e. The Hall–Kier alpha value is -3.36. The third-order valence-electron chi connectivity index (χ3n) is 5.06. The summed E-state index contributed by atoms with van der Waals surface area (Å²) in [6.45, 7) is 4.21. The zero-order valence-corrected chi connectivity index (χ0v) is 16.4. The molecule has 0 aliphatic carbocycles. The van der Waals surface area contributed by atoms with Gasteiger partial charge >= 0.3 is 12.2 Å². The second-order valence-electron chi connectivity index (χ2n) is 7.35. The van der Waals surface area contributed by atoms with Crippen LogP contribution >= 0.6 is 0 Å². The monoisotopic (exact) mass is 415 g/mol. The second kappa shape index (κ2) is 7.47. The smallest absolute Gasteiger partial charge is 0.352 e. The van der Waals surface area contributed by atoms with Crippen molar-refractivity contribution in [2.24, 2.45) is 0 Å². The Kier molecular flexibility index (Phi) is 4.97. The Morgan fingerprint density at radius 3 is 2.63 bits per heavy atom. The SMILES string of the molecule is Cc1cc(C(F)(F)F)cc(N2CC(NC(=O)Nc3cccc4c(C)nccc34)C2)n1. The molecule has 30 heavy (non-hydrogen) atoms. The average molecular weight is 415 g/mol. The first-order valence-corrected chi connectivity index (χ1v) is 9.43. The van der Waals surface area contributed by atoms with Crippen LogP contribution in [0.1, 0.15) is 17.0 Å². The van der Waals surface area contributed by atoms with Crippen LogP contribution in [0.2, 0.25) is 0 Å². The molecule has 0 spiro atoms. The number of alkyl halides is 3. The summed E-state index contributed by atoms with van der Waals surface area (Å²) in [4.78, 5) is 22.6. The van der Waals surface area contributed by atoms with E-state index in [0.717, 1.165) is 28.6 Å². The molecule has 0 saturated carbocycles. The van der Waals surface area contributed by atoms with Gasteiger partial charge in [-0.2, -0.15) is 13.2 Å². The van der Waals surface area contributed by atoms with Gasteiger partial charge in [0.05, 0.1) is 17.3 Å². The highest BCUT2D eigenvalue weighted by atomic mass is 19.4. The van der Waals surface area contributed by atoms with Crippen LogP contribution in [0.4, 0.5) is 29.5 Å². The summed E-state index contributed by atoms with van der Waals surface area (Å²) in [6.07, 6.45) is -2.73. The van der Waals surface area contributed by atoms with Gasteiger partial charge in [-0.15, -0.1) is 0 Å². The van der Waals surface area contributed by atoms with Crippen LogP contribution in [0, 0.1) is 13.8 Å². The van der Waals surface area contributed by atoms with Gasteiger partial charge in [0, 0.05) is 41.4 Å². The Morgan fingerprint density at radius 1 is 1.13 bits per heavy atom. The van der Waals surface area contributed by atoms with E-state index in [0.29, 0.717) is 24.5 Å². The number of halogens is 3. The molecule has 2 aromatic heterocycles. The van der Waals surface area contributed by atoms with Gasteiger partial charge in [-0.25, -0.2) is 9.78 Å². The van der Waals surface area contributed by atoms with Crippen molar-refractivity contribution in [2.75, 3.05) is 23.3 Å². The van der Waals surface area contributed by atoms with Crippen LogP contribution in [-0.4, -0.2) is 35.1 Å². The quantitative estimate of drug-likeness (QED) is 0.670. The lowest BCUT2D eigenvalue weighted by Crippen LogP contribution is -2.60. The van der Waals surface area contributed by atoms with Gasteiger partial charge in [0.25, 0.3) is 0 Å². The fourth-order valence-corrected chi connectivity index (χ4v) is 3.54. The first kappa shape index (κ1) is 19.9. The van der Waals surface area contributed by atoms with E-state index in [2.05, 4.69) is 20.6 Å². The highest BCUT2D eigenvalue weighted by molar-refractivity contribution is 6.02. The fourth-order valence-electron chi connectivity index (χ4n) is 3.54. The summed E-state index contributed by atoms with van der Waals surface area (Å²) in [5, 5.41) is 7.53. The molecule has 3 aromatic rings. The number of benzene rings is 1. The molecule has 0 unspecified atom stereocenters. The fraction of sp³-hybridized carbons (Fsp3) is 0.286. The molecule has 1 aliphatic rings. The lowest BCUT2D eigenvalue weighted by atomic mass is 10.1. The molecule has 0 bridgehead atoms. The first-order valence-electron chi connectivity index (χ1n) is 9.43. The molecule has 1 fully saturated rings. The van der Waals surface area contributed by atoms with Gasteiger partial charge in [-0.05, 0) is 38.1 Å². The lowest BCUT2D eigenvalue weighted by Gasteiger charge is -2.40. The third-order valence-corrected chi connectivity index (χ3v) is 5.06. The normalized spacial score (nSPS) is 14.5. The van der Waals surface area contributed by atoms with Crippen molar-refractivity contribution in [3.8, 4) is 0 Å². The van der Waals surface area contributed by atoms with E-state index in [1.54, 1.807) is 11.1 Å². The standard InChI is InChI=1S/C21H20F3N5O/c1-12-8-14(21(22,23)24)9-19(26-12)29-10-15(11-29)27-20(30)28-18-5-3-4-16-13(2)25-7-6-17(16)18/h3-9,15H,10-11H2,1-2H3,(H2,27,28,30). The van der Waals surface area contributed by atoms with Crippen molar-refractivity contribution in [3.05, 3.63) is 59.5 Å². The lowest BCUT2D eigenvalue weighted by molar-refractivity contribution is -0.137. The van der Waals surface area contributed by atoms with Gasteiger partial charge in [0.2, 0.25) is 0 Å². The minimum atomic E-state index is -4.42. The van der Waals surface area contributed by atoms with E-state index in [-0.39, 0.29) is 17.9 Å². The van der Waals surface area contributed by atoms with Crippen molar-refractivity contribution < 1.29 is 18.0 Å². The molecule has 1 aromatic carbocycles. The molecule has 6 nitrogen and oxygen atoms in total. The minimum Gasteiger partial charge on any atom is -0.352 e. The molecule has 0 radical (unpaired) electrons. The van der Waals surface area contributed by atoms with Gasteiger partial charge < -0.3 is 15.5 Å². The number of hydrogen-bond donors (Lipinski definition) is 2. The molecular formula is C21H20F3N5O. The van der Waals surface area contributed by atoms with Crippen LogP contribution in [0.5, 0.6) is 0 Å². The predicted molar refractivity (Wildman–Crippen MR) is 109 cm³/mol. The van der Waals surface area contributed by atoms with E-state index in [1.807, 2.05) is 31.2 Å². The molecule has 1 saturated heterocycles. The van der Waals surface area contributed by atoms with Crippen molar-refractivity contribution in [3.63, 3.8) is 0 Å². The Labute approximate surface area is 171 Å². The van der Waals surface area contributed by atoms with E-state index < -0.39 is 11.7 Å². The Morgan fingerprint density at radius 2 is 1.90 bits per heavy atom. The molecule has 4 rings (SSSR count). The highest BCUT2D eigenvalue weighted by Crippen LogP contribution is 2.32. The number of fused-ring (bicyclic) bond motifs is 1. The maximum absolute atomic E-state index is 13.0. The van der Waals surface area contributed by atoms with Gasteiger partial charge in [-0.3, -0.25) is 4.98 Å². The number of nitrogens with zero attached hydrogens (tertiary/aromatic N) is 3. The summed E-state index contributed by atoms with van der Waals surface area (Å²) >= 11 is 0. The van der Waals surface area contributed by atoms with Gasteiger partial charge in [0.15, 0.2) is 0 Å². The topological polar surface area (TPSA) is 70.2 Å². The number of carbonyl (C=O) groups excluding carboxylic acids is 1. The van der Waals surface area contributed by atoms with Crippen molar-refractivity contribution in [1.82, 2.24) is 15.3 Å². The van der Waals surface area contributed by atoms with E-state index in [4.69, 9.17) is 0 Å². The molecule has 3 heterocycles. The summed E-state index contributed by atoms with van der Waals surface area (Å²) in [6, 6.07) is 8.95. The second-order valence-corrected chi connectivity index (χ2v) is 7.35. The molecule has 0 atom stereocenters. The number of aromatic nitrogens is 2. The summed E-state index contributed by atoms with van der Waals surface area (Å²) < 4.78 is 39.0. The minimum absolute atomic E-state index is 0.181. The maximum Gasteiger partial charge on any atom is 0.416 e. The summed E-state index contributed by atoms with van der Waals surface area (Å²) in [7, 11) is 0. The summed E-state index contributed by atoms with van der Waals surface area (Å²) in [5.74, 6) is 0.262. The number of hydrogen-bond acceptors (Lipinski definition) is 4. The number of urea groups is 1. The highest BCUT2D eigenvalue weighted by Gasteiger charge is 2.34. The number of carbonyl (C=O) groups is 1. The number of aryl methyl sites for hydroxylation is 2. The third kappa shape index (κ3) is 4.00. The number of nitrogens with one attached hydrogen (secondary N) is 2. The van der Waals surface area contributed by atoms with Crippen LogP contribution in [0.3, 0.4) is 0 Å². The molecule has 9 heteroatoms.